The number of hydrogen-bond donors (Lipinski definition) is 0. The number of hydrogen-bond acceptors (Lipinski definition) is 5. The Morgan fingerprint density at radius 1 is 1.19 bits per heavy atom. The molecule has 27 heavy (non-hydrogen) atoms. The smallest absolute Gasteiger partial charge is 0.169 e. The number of nitrogens with zero attached hydrogens (tertiary/aromatic N) is 4. The number of carbonyl (C=O) groups excluding carboxylic acids is 1. The van der Waals surface area contributed by atoms with Gasteiger partial charge in [-0.15, -0.1) is 5.10 Å². The van der Waals surface area contributed by atoms with Crippen LogP contribution in [0.3, 0.4) is 0 Å². The van der Waals surface area contributed by atoms with Gasteiger partial charge in [0.1, 0.15) is 11.6 Å². The van der Waals surface area contributed by atoms with Gasteiger partial charge in [-0.3, -0.25) is 4.79 Å². The number of nitriles is 1. The van der Waals surface area contributed by atoms with Crippen molar-refractivity contribution in [2.75, 3.05) is 18.0 Å². The van der Waals surface area contributed by atoms with E-state index in [4.69, 9.17) is 11.6 Å². The number of benzene rings is 1. The van der Waals surface area contributed by atoms with E-state index in [-0.39, 0.29) is 11.7 Å². The van der Waals surface area contributed by atoms with E-state index in [9.17, 15) is 10.1 Å². The maximum absolute atomic E-state index is 12.7. The van der Waals surface area contributed by atoms with Crippen LogP contribution in [0.25, 0.3) is 0 Å². The molecule has 1 aliphatic rings. The van der Waals surface area contributed by atoms with E-state index >= 15 is 0 Å². The highest BCUT2D eigenvalue weighted by Gasteiger charge is 2.28. The third-order valence-corrected chi connectivity index (χ3v) is 5.49. The quantitative estimate of drug-likeness (QED) is 0.724. The van der Waals surface area contributed by atoms with Crippen LogP contribution in [-0.2, 0) is 12.8 Å². The molecule has 5 nitrogen and oxygen atoms in total. The van der Waals surface area contributed by atoms with E-state index in [2.05, 4.69) is 21.2 Å². The molecule has 0 aliphatic carbocycles. The summed E-state index contributed by atoms with van der Waals surface area (Å²) in [6, 6.07) is 9.40. The second-order valence-electron chi connectivity index (χ2n) is 6.78. The molecule has 1 aliphatic heterocycles. The molecule has 3 rings (SSSR count). The van der Waals surface area contributed by atoms with E-state index in [1.165, 1.54) is 0 Å². The molecule has 0 unspecified atom stereocenters. The molecular weight excluding hydrogens is 360 g/mol. The summed E-state index contributed by atoms with van der Waals surface area (Å²) in [5.74, 6) is 0.805. The van der Waals surface area contributed by atoms with Gasteiger partial charge >= 0.3 is 0 Å². The van der Waals surface area contributed by atoms with E-state index in [1.54, 1.807) is 24.3 Å². The van der Waals surface area contributed by atoms with Crippen LogP contribution >= 0.6 is 11.6 Å². The standard InChI is InChI=1S/C21H23ClN4O/c1-3-17-18(13-23)21(25-24-19(17)4-2)26-11-9-15(10-12-26)20(27)14-5-7-16(22)8-6-14/h5-8,15H,3-4,9-12H2,1-2H3. The Morgan fingerprint density at radius 3 is 2.41 bits per heavy atom. The Hall–Kier alpha value is -2.45. The molecule has 1 aromatic carbocycles. The summed E-state index contributed by atoms with van der Waals surface area (Å²) < 4.78 is 0. The van der Waals surface area contributed by atoms with Gasteiger partial charge in [-0.25, -0.2) is 0 Å². The van der Waals surface area contributed by atoms with Crippen LogP contribution in [0, 0.1) is 17.2 Å². The van der Waals surface area contributed by atoms with Gasteiger partial charge in [0, 0.05) is 29.6 Å². The van der Waals surface area contributed by atoms with Gasteiger partial charge in [-0.1, -0.05) is 25.4 Å². The van der Waals surface area contributed by atoms with Crippen LogP contribution in [0.4, 0.5) is 5.82 Å². The van der Waals surface area contributed by atoms with Crippen molar-refractivity contribution in [2.45, 2.75) is 39.5 Å². The first-order valence-corrected chi connectivity index (χ1v) is 9.80. The minimum Gasteiger partial charge on any atom is -0.354 e. The van der Waals surface area contributed by atoms with Crippen LogP contribution < -0.4 is 4.90 Å². The van der Waals surface area contributed by atoms with Crippen LogP contribution in [-0.4, -0.2) is 29.1 Å². The van der Waals surface area contributed by atoms with Crippen molar-refractivity contribution in [1.29, 1.82) is 5.26 Å². The van der Waals surface area contributed by atoms with Crippen molar-refractivity contribution in [3.8, 4) is 6.07 Å². The molecule has 6 heteroatoms. The second kappa shape index (κ2) is 8.49. The second-order valence-corrected chi connectivity index (χ2v) is 7.21. The van der Waals surface area contributed by atoms with Gasteiger partial charge in [0.2, 0.25) is 0 Å². The number of ketones is 1. The van der Waals surface area contributed by atoms with Crippen molar-refractivity contribution >= 4 is 23.2 Å². The summed E-state index contributed by atoms with van der Waals surface area (Å²) >= 11 is 5.91. The third-order valence-electron chi connectivity index (χ3n) is 5.23. The number of aromatic nitrogens is 2. The van der Waals surface area contributed by atoms with Gasteiger partial charge in [0.15, 0.2) is 11.6 Å². The Morgan fingerprint density at radius 2 is 1.85 bits per heavy atom. The zero-order valence-electron chi connectivity index (χ0n) is 15.7. The Balaban J connectivity index is 1.75. The van der Waals surface area contributed by atoms with Gasteiger partial charge in [0.25, 0.3) is 0 Å². The minimum atomic E-state index is -0.0125. The Bertz CT molecular complexity index is 865. The van der Waals surface area contributed by atoms with Crippen molar-refractivity contribution in [1.82, 2.24) is 10.2 Å². The molecule has 0 radical (unpaired) electrons. The lowest BCUT2D eigenvalue weighted by atomic mass is 9.88. The molecular formula is C21H23ClN4O. The fourth-order valence-corrected chi connectivity index (χ4v) is 3.83. The highest BCUT2D eigenvalue weighted by atomic mass is 35.5. The minimum absolute atomic E-state index is 0.0125. The maximum Gasteiger partial charge on any atom is 0.169 e. The first kappa shape index (κ1) is 19.3. The average molecular weight is 383 g/mol. The topological polar surface area (TPSA) is 69.9 Å². The monoisotopic (exact) mass is 382 g/mol. The number of carbonyl (C=O) groups is 1. The lowest BCUT2D eigenvalue weighted by Gasteiger charge is -2.32. The van der Waals surface area contributed by atoms with E-state index in [0.29, 0.717) is 35.1 Å². The predicted octanol–water partition coefficient (Wildman–Crippen LogP) is 4.23. The summed E-state index contributed by atoms with van der Waals surface area (Å²) in [5, 5.41) is 19.0. The normalized spacial score (nSPS) is 14.8. The molecule has 1 saturated heterocycles. The average Bonchev–Trinajstić information content (AvgIpc) is 2.72. The SMILES string of the molecule is CCc1nnc(N2CCC(C(=O)c3ccc(Cl)cc3)CC2)c(C#N)c1CC. The van der Waals surface area contributed by atoms with Crippen molar-refractivity contribution in [2.24, 2.45) is 5.92 Å². The number of rotatable bonds is 5. The number of anilines is 1. The molecule has 1 aromatic heterocycles. The zero-order valence-corrected chi connectivity index (χ0v) is 16.5. The highest BCUT2D eigenvalue weighted by molar-refractivity contribution is 6.30. The molecule has 2 aromatic rings. The van der Waals surface area contributed by atoms with E-state index < -0.39 is 0 Å². The maximum atomic E-state index is 12.7. The molecule has 0 amide bonds. The van der Waals surface area contributed by atoms with Crippen LogP contribution in [0.15, 0.2) is 24.3 Å². The molecule has 2 heterocycles. The third kappa shape index (κ3) is 3.96. The molecule has 0 spiro atoms. The van der Waals surface area contributed by atoms with Crippen LogP contribution in [0.1, 0.15) is 53.9 Å². The van der Waals surface area contributed by atoms with Gasteiger partial charge < -0.3 is 4.90 Å². The molecule has 1 fully saturated rings. The molecule has 0 atom stereocenters. The van der Waals surface area contributed by atoms with Gasteiger partial charge in [-0.2, -0.15) is 10.4 Å². The summed E-state index contributed by atoms with van der Waals surface area (Å²) in [4.78, 5) is 14.8. The lowest BCUT2D eigenvalue weighted by molar-refractivity contribution is 0.0900. The van der Waals surface area contributed by atoms with Gasteiger partial charge in [0.05, 0.1) is 5.69 Å². The first-order chi connectivity index (χ1) is 13.1. The number of Topliss-reactive ketones (excluding diaryl/α,β-unsaturated/α-hetero) is 1. The molecule has 140 valence electrons. The Labute approximate surface area is 165 Å². The number of aryl methyl sites for hydroxylation is 1. The Kier molecular flexibility index (Phi) is 6.08. The molecule has 0 bridgehead atoms. The van der Waals surface area contributed by atoms with Crippen molar-refractivity contribution in [3.63, 3.8) is 0 Å². The van der Waals surface area contributed by atoms with Gasteiger partial charge in [-0.05, 0) is 55.5 Å². The van der Waals surface area contributed by atoms with Crippen molar-refractivity contribution < 1.29 is 4.79 Å². The molecule has 0 N–H and O–H groups in total. The predicted molar refractivity (Wildman–Crippen MR) is 106 cm³/mol. The summed E-state index contributed by atoms with van der Waals surface area (Å²) in [5.41, 5.74) is 3.22. The van der Waals surface area contributed by atoms with Crippen molar-refractivity contribution in [3.05, 3.63) is 51.7 Å². The summed E-state index contributed by atoms with van der Waals surface area (Å²) in [6.45, 7) is 5.46. The van der Waals surface area contributed by atoms with E-state index in [1.807, 2.05) is 13.8 Å². The largest absolute Gasteiger partial charge is 0.354 e. The highest BCUT2D eigenvalue weighted by Crippen LogP contribution is 2.29. The number of piperidine rings is 1. The van der Waals surface area contributed by atoms with Crippen LogP contribution in [0.5, 0.6) is 0 Å². The fourth-order valence-electron chi connectivity index (χ4n) is 3.70. The number of halogens is 1. The summed E-state index contributed by atoms with van der Waals surface area (Å²) in [6.07, 6.45) is 3.01. The summed E-state index contributed by atoms with van der Waals surface area (Å²) in [7, 11) is 0. The first-order valence-electron chi connectivity index (χ1n) is 9.42. The molecule has 0 saturated carbocycles. The van der Waals surface area contributed by atoms with E-state index in [0.717, 1.165) is 36.9 Å². The van der Waals surface area contributed by atoms with Crippen LogP contribution in [0.2, 0.25) is 5.02 Å². The zero-order chi connectivity index (χ0) is 19.4. The fraction of sp³-hybridized carbons (Fsp3) is 0.429. The lowest BCUT2D eigenvalue weighted by Crippen LogP contribution is -2.37.